The largest absolute Gasteiger partial charge is 0.383 e. The molecular weight excluding hydrogens is 214 g/mol. The van der Waals surface area contributed by atoms with Crippen LogP contribution < -0.4 is 5.73 Å². The Balaban J connectivity index is 2.50. The lowest BCUT2D eigenvalue weighted by Crippen LogP contribution is -1.92. The molecule has 3 N–H and O–H groups in total. The van der Waals surface area contributed by atoms with Gasteiger partial charge in [0.25, 0.3) is 0 Å². The SMILES string of the molecule is Nc1ncnc2n[nH]c(C#CCCCl)c12. The van der Waals surface area contributed by atoms with Gasteiger partial charge in [-0.15, -0.1) is 11.6 Å². The van der Waals surface area contributed by atoms with E-state index in [0.29, 0.717) is 34.8 Å². The summed E-state index contributed by atoms with van der Waals surface area (Å²) in [5, 5.41) is 7.40. The molecule has 6 heteroatoms. The first kappa shape index (κ1) is 9.74. The van der Waals surface area contributed by atoms with E-state index in [9.17, 15) is 0 Å². The van der Waals surface area contributed by atoms with Crippen LogP contribution >= 0.6 is 11.6 Å². The summed E-state index contributed by atoms with van der Waals surface area (Å²) in [5.41, 5.74) is 6.86. The summed E-state index contributed by atoms with van der Waals surface area (Å²) in [4.78, 5) is 7.84. The van der Waals surface area contributed by atoms with Gasteiger partial charge in [0.05, 0.1) is 5.39 Å². The summed E-state index contributed by atoms with van der Waals surface area (Å²) in [6.45, 7) is 0. The number of nitrogen functional groups attached to an aromatic ring is 1. The lowest BCUT2D eigenvalue weighted by molar-refractivity contribution is 1.08. The van der Waals surface area contributed by atoms with Crippen LogP contribution in [-0.2, 0) is 0 Å². The highest BCUT2D eigenvalue weighted by Gasteiger charge is 2.07. The van der Waals surface area contributed by atoms with Gasteiger partial charge in [0.15, 0.2) is 5.65 Å². The molecular formula is C9H8ClN5. The van der Waals surface area contributed by atoms with Gasteiger partial charge in [-0.25, -0.2) is 9.97 Å². The first-order valence-electron chi connectivity index (χ1n) is 4.32. The second-order valence-corrected chi connectivity index (χ2v) is 3.17. The lowest BCUT2D eigenvalue weighted by atomic mass is 10.3. The van der Waals surface area contributed by atoms with Gasteiger partial charge >= 0.3 is 0 Å². The molecule has 0 bridgehead atoms. The van der Waals surface area contributed by atoms with Gasteiger partial charge in [-0.2, -0.15) is 5.10 Å². The van der Waals surface area contributed by atoms with Crippen LogP contribution in [0.1, 0.15) is 12.1 Å². The number of fused-ring (bicyclic) bond motifs is 1. The van der Waals surface area contributed by atoms with Crippen LogP contribution in [0.25, 0.3) is 11.0 Å². The zero-order chi connectivity index (χ0) is 10.7. The molecule has 0 saturated heterocycles. The number of anilines is 1. The molecule has 0 unspecified atom stereocenters. The van der Waals surface area contributed by atoms with Crippen molar-refractivity contribution in [2.45, 2.75) is 6.42 Å². The quantitative estimate of drug-likeness (QED) is 0.554. The zero-order valence-corrected chi connectivity index (χ0v) is 8.54. The highest BCUT2D eigenvalue weighted by Crippen LogP contribution is 2.17. The van der Waals surface area contributed by atoms with Crippen molar-refractivity contribution in [3.8, 4) is 11.8 Å². The third-order valence-electron chi connectivity index (χ3n) is 1.81. The molecule has 0 amide bonds. The van der Waals surface area contributed by atoms with Crippen LogP contribution in [0.5, 0.6) is 0 Å². The number of rotatable bonds is 1. The van der Waals surface area contributed by atoms with E-state index < -0.39 is 0 Å². The van der Waals surface area contributed by atoms with E-state index in [1.54, 1.807) is 0 Å². The maximum atomic E-state index is 5.70. The number of hydrogen-bond acceptors (Lipinski definition) is 4. The van der Waals surface area contributed by atoms with Crippen LogP contribution in [0.3, 0.4) is 0 Å². The topological polar surface area (TPSA) is 80.5 Å². The van der Waals surface area contributed by atoms with E-state index in [1.807, 2.05) is 0 Å². The Hall–Kier alpha value is -1.80. The van der Waals surface area contributed by atoms with Crippen molar-refractivity contribution in [3.05, 3.63) is 12.0 Å². The van der Waals surface area contributed by atoms with E-state index in [1.165, 1.54) is 6.33 Å². The van der Waals surface area contributed by atoms with E-state index in [4.69, 9.17) is 17.3 Å². The molecule has 15 heavy (non-hydrogen) atoms. The summed E-state index contributed by atoms with van der Waals surface area (Å²) in [7, 11) is 0. The van der Waals surface area contributed by atoms with Crippen LogP contribution in [0.15, 0.2) is 6.33 Å². The minimum atomic E-state index is 0.379. The number of alkyl halides is 1. The zero-order valence-electron chi connectivity index (χ0n) is 7.79. The van der Waals surface area contributed by atoms with Gasteiger partial charge in [-0.1, -0.05) is 5.92 Å². The average Bonchev–Trinajstić information content (AvgIpc) is 2.63. The Morgan fingerprint density at radius 3 is 3.13 bits per heavy atom. The Labute approximate surface area is 91.1 Å². The standard InChI is InChI=1S/C9H8ClN5/c10-4-2-1-3-6-7-8(11)12-5-13-9(7)15-14-6/h5H,2,4H2,(H3,11,12,13,14,15). The number of nitrogens with zero attached hydrogens (tertiary/aromatic N) is 3. The third-order valence-corrected chi connectivity index (χ3v) is 2.00. The molecule has 2 aromatic heterocycles. The molecule has 0 fully saturated rings. The summed E-state index contributed by atoms with van der Waals surface area (Å²) in [6, 6.07) is 0. The number of H-pyrrole nitrogens is 1. The van der Waals surface area contributed by atoms with Gasteiger partial charge in [-0.05, 0) is 5.92 Å². The Bertz CT molecular complexity index is 536. The van der Waals surface area contributed by atoms with Crippen LogP contribution in [0.4, 0.5) is 5.82 Å². The van der Waals surface area contributed by atoms with Crippen LogP contribution in [-0.4, -0.2) is 26.0 Å². The molecule has 2 aromatic rings. The fraction of sp³-hybridized carbons (Fsp3) is 0.222. The predicted octanol–water partition coefficient (Wildman–Crippen LogP) is 0.915. The maximum absolute atomic E-state index is 5.70. The minimum absolute atomic E-state index is 0.379. The number of nitrogens with two attached hydrogens (primary N) is 1. The van der Waals surface area contributed by atoms with Gasteiger partial charge < -0.3 is 5.73 Å². The van der Waals surface area contributed by atoms with Crippen molar-refractivity contribution in [2.24, 2.45) is 0 Å². The molecule has 0 atom stereocenters. The van der Waals surface area contributed by atoms with Crippen molar-refractivity contribution in [2.75, 3.05) is 11.6 Å². The molecule has 2 heterocycles. The molecule has 76 valence electrons. The second-order valence-electron chi connectivity index (χ2n) is 2.80. The molecule has 0 saturated carbocycles. The van der Waals surface area contributed by atoms with E-state index in [2.05, 4.69) is 32.0 Å². The molecule has 2 rings (SSSR count). The van der Waals surface area contributed by atoms with E-state index >= 15 is 0 Å². The predicted molar refractivity (Wildman–Crippen MR) is 58.3 cm³/mol. The average molecular weight is 222 g/mol. The van der Waals surface area contributed by atoms with Crippen molar-refractivity contribution >= 4 is 28.5 Å². The van der Waals surface area contributed by atoms with Gasteiger partial charge in [-0.3, -0.25) is 5.10 Å². The van der Waals surface area contributed by atoms with Crippen LogP contribution in [0.2, 0.25) is 0 Å². The van der Waals surface area contributed by atoms with E-state index in [0.717, 1.165) is 0 Å². The van der Waals surface area contributed by atoms with Gasteiger partial charge in [0.1, 0.15) is 17.8 Å². The summed E-state index contributed by atoms with van der Waals surface area (Å²) in [5.74, 6) is 6.67. The first-order chi connectivity index (χ1) is 7.33. The number of halogens is 1. The van der Waals surface area contributed by atoms with Gasteiger partial charge in [0, 0.05) is 12.3 Å². The minimum Gasteiger partial charge on any atom is -0.383 e. The number of aromatic amines is 1. The molecule has 0 spiro atoms. The Kier molecular flexibility index (Phi) is 2.70. The lowest BCUT2D eigenvalue weighted by Gasteiger charge is -1.91. The highest BCUT2D eigenvalue weighted by atomic mass is 35.5. The smallest absolute Gasteiger partial charge is 0.187 e. The number of aromatic nitrogens is 4. The normalized spacial score (nSPS) is 9.93. The fourth-order valence-corrected chi connectivity index (χ4v) is 1.26. The fourth-order valence-electron chi connectivity index (χ4n) is 1.17. The Morgan fingerprint density at radius 1 is 1.47 bits per heavy atom. The molecule has 0 aromatic carbocycles. The molecule has 0 aliphatic carbocycles. The molecule has 0 aliphatic rings. The number of nitrogens with one attached hydrogen (secondary N) is 1. The summed E-state index contributed by atoms with van der Waals surface area (Å²) >= 11 is 5.51. The number of hydrogen-bond donors (Lipinski definition) is 2. The van der Waals surface area contributed by atoms with Crippen molar-refractivity contribution in [1.29, 1.82) is 0 Å². The van der Waals surface area contributed by atoms with Gasteiger partial charge in [0.2, 0.25) is 0 Å². The van der Waals surface area contributed by atoms with Crippen LogP contribution in [0, 0.1) is 11.8 Å². The maximum Gasteiger partial charge on any atom is 0.187 e. The van der Waals surface area contributed by atoms with E-state index in [-0.39, 0.29) is 0 Å². The second kappa shape index (κ2) is 4.15. The summed E-state index contributed by atoms with van der Waals surface area (Å²) in [6.07, 6.45) is 1.99. The van der Waals surface area contributed by atoms with Crippen molar-refractivity contribution in [1.82, 2.24) is 20.2 Å². The highest BCUT2D eigenvalue weighted by molar-refractivity contribution is 6.18. The molecule has 5 nitrogen and oxygen atoms in total. The monoisotopic (exact) mass is 221 g/mol. The summed E-state index contributed by atoms with van der Waals surface area (Å²) < 4.78 is 0. The van der Waals surface area contributed by atoms with Crippen molar-refractivity contribution in [3.63, 3.8) is 0 Å². The Morgan fingerprint density at radius 2 is 2.33 bits per heavy atom. The molecule has 0 radical (unpaired) electrons. The van der Waals surface area contributed by atoms with Crippen molar-refractivity contribution < 1.29 is 0 Å². The molecule has 0 aliphatic heterocycles. The third kappa shape index (κ3) is 1.85. The first-order valence-corrected chi connectivity index (χ1v) is 4.85.